The number of H-pyrrole nitrogens is 1. The van der Waals surface area contributed by atoms with Crippen LogP contribution in [0.15, 0.2) is 78.9 Å². The van der Waals surface area contributed by atoms with Crippen LogP contribution in [0.5, 0.6) is 5.75 Å². The summed E-state index contributed by atoms with van der Waals surface area (Å²) in [7, 11) is 1.61. The summed E-state index contributed by atoms with van der Waals surface area (Å²) in [6, 6.07) is 23.8. The molecule has 0 saturated carbocycles. The Morgan fingerprint density at radius 3 is 2.61 bits per heavy atom. The fraction of sp³-hybridized carbons (Fsp3) is 0.241. The van der Waals surface area contributed by atoms with Gasteiger partial charge in [0.05, 0.1) is 32.3 Å². The molecule has 182 valence electrons. The van der Waals surface area contributed by atoms with Crippen LogP contribution >= 0.6 is 0 Å². The number of piperazine rings is 1. The van der Waals surface area contributed by atoms with E-state index in [1.165, 1.54) is 4.90 Å². The molecule has 7 heteroatoms. The van der Waals surface area contributed by atoms with Gasteiger partial charge in [0.25, 0.3) is 0 Å². The van der Waals surface area contributed by atoms with Crippen LogP contribution in [0.2, 0.25) is 0 Å². The molecule has 4 aromatic rings. The maximum absolute atomic E-state index is 13.8. The Balaban J connectivity index is 1.42. The Morgan fingerprint density at radius 1 is 1.03 bits per heavy atom. The van der Waals surface area contributed by atoms with Crippen LogP contribution in [-0.4, -0.2) is 57.9 Å². The maximum atomic E-state index is 13.8. The standard InChI is InChI=1S/C29H27N3O4/c1-36-20-11-7-10-19(14-20)28-27-22(21-12-5-6-13-23(21)30-27)15-24-29(35)31(17-26(34)32(24)28)16-25(33)18-8-3-2-4-9-18/h2-14,24-25,28,30,33H,15-17H2,1H3/t24-,25?,28?/m1/s1. The van der Waals surface area contributed by atoms with Gasteiger partial charge in [-0.2, -0.15) is 0 Å². The molecule has 3 atom stereocenters. The van der Waals surface area contributed by atoms with Crippen LogP contribution in [0.25, 0.3) is 10.9 Å². The minimum absolute atomic E-state index is 0.0729. The second kappa shape index (κ2) is 8.84. The molecule has 2 aliphatic heterocycles. The van der Waals surface area contributed by atoms with E-state index >= 15 is 0 Å². The zero-order chi connectivity index (χ0) is 24.8. The van der Waals surface area contributed by atoms with E-state index in [2.05, 4.69) is 11.1 Å². The molecule has 1 aromatic heterocycles. The molecule has 2 N–H and O–H groups in total. The normalized spacial score (nSPS) is 20.3. The van der Waals surface area contributed by atoms with Gasteiger partial charge in [-0.15, -0.1) is 0 Å². The Morgan fingerprint density at radius 2 is 1.81 bits per heavy atom. The molecule has 1 fully saturated rings. The van der Waals surface area contributed by atoms with Gasteiger partial charge in [0.2, 0.25) is 11.8 Å². The van der Waals surface area contributed by atoms with Crippen molar-refractivity contribution in [3.63, 3.8) is 0 Å². The van der Waals surface area contributed by atoms with Crippen molar-refractivity contribution in [2.45, 2.75) is 24.6 Å². The molecule has 2 aliphatic rings. The molecule has 3 heterocycles. The zero-order valence-electron chi connectivity index (χ0n) is 19.9. The van der Waals surface area contributed by atoms with E-state index in [-0.39, 0.29) is 24.9 Å². The highest BCUT2D eigenvalue weighted by Crippen LogP contribution is 2.43. The summed E-state index contributed by atoms with van der Waals surface area (Å²) in [6.45, 7) is -0.00124. The third-order valence-corrected chi connectivity index (χ3v) is 7.33. The number of fused-ring (bicyclic) bond motifs is 4. The number of β-amino-alcohol motifs (C(OH)–C–C–N with tert-alkyl or cyclic N) is 1. The molecule has 2 unspecified atom stereocenters. The van der Waals surface area contributed by atoms with E-state index in [0.717, 1.165) is 33.3 Å². The van der Waals surface area contributed by atoms with E-state index < -0.39 is 18.2 Å². The molecule has 6 rings (SSSR count). The highest BCUT2D eigenvalue weighted by atomic mass is 16.5. The monoisotopic (exact) mass is 481 g/mol. The molecule has 0 radical (unpaired) electrons. The molecule has 1 saturated heterocycles. The van der Waals surface area contributed by atoms with E-state index in [0.29, 0.717) is 12.2 Å². The van der Waals surface area contributed by atoms with E-state index in [1.807, 2.05) is 72.8 Å². The Bertz CT molecular complexity index is 1450. The quantitative estimate of drug-likeness (QED) is 0.456. The lowest BCUT2D eigenvalue weighted by Gasteiger charge is -2.47. The van der Waals surface area contributed by atoms with Gasteiger partial charge in [0, 0.05) is 23.0 Å². The van der Waals surface area contributed by atoms with Crippen molar-refractivity contribution >= 4 is 22.7 Å². The van der Waals surface area contributed by atoms with Crippen molar-refractivity contribution in [2.24, 2.45) is 0 Å². The lowest BCUT2D eigenvalue weighted by molar-refractivity contribution is -0.159. The number of aromatic amines is 1. The van der Waals surface area contributed by atoms with Gasteiger partial charge in [0.15, 0.2) is 0 Å². The summed E-state index contributed by atoms with van der Waals surface area (Å²) in [4.78, 5) is 34.3. The molecule has 3 aromatic carbocycles. The molecular weight excluding hydrogens is 454 g/mol. The number of amides is 2. The number of carbonyl (C=O) groups excluding carboxylic acids is 2. The van der Waals surface area contributed by atoms with Crippen LogP contribution < -0.4 is 4.74 Å². The first-order chi connectivity index (χ1) is 17.5. The summed E-state index contributed by atoms with van der Waals surface area (Å²) in [5.41, 5.74) is 4.56. The third kappa shape index (κ3) is 3.63. The predicted molar refractivity (Wildman–Crippen MR) is 135 cm³/mol. The molecular formula is C29H27N3O4. The number of hydrogen-bond donors (Lipinski definition) is 2. The van der Waals surface area contributed by atoms with Crippen molar-refractivity contribution in [3.8, 4) is 5.75 Å². The van der Waals surface area contributed by atoms with Gasteiger partial charge < -0.3 is 24.6 Å². The van der Waals surface area contributed by atoms with Gasteiger partial charge in [-0.25, -0.2) is 0 Å². The van der Waals surface area contributed by atoms with Crippen molar-refractivity contribution in [1.29, 1.82) is 0 Å². The van der Waals surface area contributed by atoms with Gasteiger partial charge in [-0.3, -0.25) is 9.59 Å². The molecule has 0 aliphatic carbocycles. The van der Waals surface area contributed by atoms with Crippen molar-refractivity contribution in [2.75, 3.05) is 20.2 Å². The second-order valence-corrected chi connectivity index (χ2v) is 9.41. The Hall–Kier alpha value is -4.10. The number of hydrogen-bond acceptors (Lipinski definition) is 4. The first-order valence-corrected chi connectivity index (χ1v) is 12.1. The molecule has 7 nitrogen and oxygen atoms in total. The fourth-order valence-corrected chi connectivity index (χ4v) is 5.63. The third-order valence-electron chi connectivity index (χ3n) is 7.33. The van der Waals surface area contributed by atoms with E-state index in [1.54, 1.807) is 12.0 Å². The number of carbonyl (C=O) groups is 2. The number of aliphatic hydroxyl groups is 1. The number of methoxy groups -OCH3 is 1. The fourth-order valence-electron chi connectivity index (χ4n) is 5.63. The molecule has 0 spiro atoms. The maximum Gasteiger partial charge on any atom is 0.246 e. The van der Waals surface area contributed by atoms with E-state index in [4.69, 9.17) is 4.74 Å². The van der Waals surface area contributed by atoms with Crippen molar-refractivity contribution in [1.82, 2.24) is 14.8 Å². The van der Waals surface area contributed by atoms with Gasteiger partial charge >= 0.3 is 0 Å². The first-order valence-electron chi connectivity index (χ1n) is 12.1. The van der Waals surface area contributed by atoms with Crippen LogP contribution in [-0.2, 0) is 16.0 Å². The number of rotatable bonds is 5. The summed E-state index contributed by atoms with van der Waals surface area (Å²) < 4.78 is 5.46. The number of nitrogens with one attached hydrogen (secondary N) is 1. The van der Waals surface area contributed by atoms with Crippen molar-refractivity contribution in [3.05, 3.63) is 101 Å². The number of nitrogens with zero attached hydrogens (tertiary/aromatic N) is 2. The number of aromatic nitrogens is 1. The molecule has 36 heavy (non-hydrogen) atoms. The SMILES string of the molecule is COc1cccc(C2c3[nH]c4ccccc4c3C[C@@H]3C(=O)N(CC(O)c4ccccc4)CC(=O)N23)c1. The average Bonchev–Trinajstić information content (AvgIpc) is 3.29. The summed E-state index contributed by atoms with van der Waals surface area (Å²) in [5.74, 6) is 0.404. The number of benzene rings is 3. The second-order valence-electron chi connectivity index (χ2n) is 9.41. The zero-order valence-corrected chi connectivity index (χ0v) is 19.9. The minimum Gasteiger partial charge on any atom is -0.497 e. The minimum atomic E-state index is -0.865. The van der Waals surface area contributed by atoms with Crippen LogP contribution in [0, 0.1) is 0 Å². The first kappa shape index (κ1) is 22.4. The average molecular weight is 482 g/mol. The lowest BCUT2D eigenvalue weighted by Crippen LogP contribution is -2.63. The number of ether oxygens (including phenoxy) is 1. The van der Waals surface area contributed by atoms with E-state index in [9.17, 15) is 14.7 Å². The highest BCUT2D eigenvalue weighted by molar-refractivity contribution is 5.97. The smallest absolute Gasteiger partial charge is 0.246 e. The topological polar surface area (TPSA) is 85.9 Å². The summed E-state index contributed by atoms with van der Waals surface area (Å²) in [6.07, 6.45) is -0.446. The number of aliphatic hydroxyl groups excluding tert-OH is 1. The Labute approximate surface area is 208 Å². The largest absolute Gasteiger partial charge is 0.497 e. The van der Waals surface area contributed by atoms with Crippen molar-refractivity contribution < 1.29 is 19.4 Å². The van der Waals surface area contributed by atoms with Gasteiger partial charge in [-0.1, -0.05) is 60.7 Å². The summed E-state index contributed by atoms with van der Waals surface area (Å²) in [5, 5.41) is 11.8. The van der Waals surface area contributed by atoms with Gasteiger partial charge in [-0.05, 0) is 34.9 Å². The van der Waals surface area contributed by atoms with Crippen LogP contribution in [0.3, 0.4) is 0 Å². The Kier molecular flexibility index (Phi) is 5.49. The van der Waals surface area contributed by atoms with Gasteiger partial charge in [0.1, 0.15) is 11.8 Å². The molecule has 0 bridgehead atoms. The highest BCUT2D eigenvalue weighted by Gasteiger charge is 2.48. The lowest BCUT2D eigenvalue weighted by atomic mass is 9.86. The van der Waals surface area contributed by atoms with Crippen LogP contribution in [0.4, 0.5) is 0 Å². The predicted octanol–water partition coefficient (Wildman–Crippen LogP) is 3.60. The molecule has 2 amide bonds. The number of para-hydroxylation sites is 1. The summed E-state index contributed by atoms with van der Waals surface area (Å²) >= 11 is 0. The van der Waals surface area contributed by atoms with Crippen LogP contribution in [0.1, 0.15) is 34.5 Å².